The fourth-order valence-corrected chi connectivity index (χ4v) is 1.47. The normalized spacial score (nSPS) is 10.7. The number of aldehydes is 1. The van der Waals surface area contributed by atoms with Crippen LogP contribution in [0.1, 0.15) is 38.8 Å². The first kappa shape index (κ1) is 14.7. The van der Waals surface area contributed by atoms with Crippen molar-refractivity contribution in [3.8, 4) is 6.07 Å². The molecule has 0 radical (unpaired) electrons. The van der Waals surface area contributed by atoms with Crippen molar-refractivity contribution in [1.29, 1.82) is 5.26 Å². The fraction of sp³-hybridized carbons (Fsp3) is 0.250. The van der Waals surface area contributed by atoms with Crippen molar-refractivity contribution in [3.63, 3.8) is 0 Å². The number of nitrogens with zero attached hydrogens (tertiary/aromatic N) is 1. The number of hydrogen-bond acceptors (Lipinski definition) is 4. The van der Waals surface area contributed by atoms with Crippen molar-refractivity contribution < 1.29 is 27.5 Å². The van der Waals surface area contributed by atoms with Gasteiger partial charge in [0.15, 0.2) is 0 Å². The lowest BCUT2D eigenvalue weighted by Crippen LogP contribution is -2.17. The molecule has 0 atom stereocenters. The smallest absolute Gasteiger partial charge is 0.417 e. The molecule has 0 aliphatic heterocycles. The van der Waals surface area contributed by atoms with E-state index in [9.17, 15) is 22.8 Å². The third kappa shape index (κ3) is 3.10. The summed E-state index contributed by atoms with van der Waals surface area (Å²) in [5.41, 5.74) is -3.11. The molecule has 0 aliphatic rings. The van der Waals surface area contributed by atoms with E-state index in [0.29, 0.717) is 6.07 Å². The Labute approximate surface area is 106 Å². The predicted molar refractivity (Wildman–Crippen MR) is 57.5 cm³/mol. The van der Waals surface area contributed by atoms with Gasteiger partial charge in [0.05, 0.1) is 23.3 Å². The summed E-state index contributed by atoms with van der Waals surface area (Å²) in [4.78, 5) is 22.1. The van der Waals surface area contributed by atoms with Gasteiger partial charge in [-0.3, -0.25) is 4.79 Å². The molecule has 0 unspecified atom stereocenters. The van der Waals surface area contributed by atoms with E-state index in [0.717, 1.165) is 6.07 Å². The molecule has 100 valence electrons. The van der Waals surface area contributed by atoms with Gasteiger partial charge in [0.25, 0.3) is 0 Å². The largest absolute Gasteiger partial charge is 0.462 e. The summed E-state index contributed by atoms with van der Waals surface area (Å²) in [5.74, 6) is -1.25. The zero-order valence-corrected chi connectivity index (χ0v) is 9.75. The number of nitriles is 1. The van der Waals surface area contributed by atoms with Gasteiger partial charge in [0.2, 0.25) is 0 Å². The summed E-state index contributed by atoms with van der Waals surface area (Å²) >= 11 is 0. The molecule has 0 saturated carbocycles. The van der Waals surface area contributed by atoms with Crippen LogP contribution in [0.5, 0.6) is 0 Å². The fourth-order valence-electron chi connectivity index (χ4n) is 1.47. The second kappa shape index (κ2) is 5.52. The van der Waals surface area contributed by atoms with E-state index in [4.69, 9.17) is 5.26 Å². The van der Waals surface area contributed by atoms with E-state index in [1.807, 2.05) is 0 Å². The van der Waals surface area contributed by atoms with E-state index in [-0.39, 0.29) is 18.5 Å². The Kier molecular flexibility index (Phi) is 4.27. The molecule has 4 nitrogen and oxygen atoms in total. The zero-order chi connectivity index (χ0) is 14.6. The minimum Gasteiger partial charge on any atom is -0.462 e. The Morgan fingerprint density at radius 3 is 2.53 bits per heavy atom. The van der Waals surface area contributed by atoms with E-state index >= 15 is 0 Å². The second-order valence-electron chi connectivity index (χ2n) is 3.44. The maximum atomic E-state index is 12.8. The molecular weight excluding hydrogens is 263 g/mol. The van der Waals surface area contributed by atoms with Gasteiger partial charge in [-0.25, -0.2) is 4.79 Å². The third-order valence-electron chi connectivity index (χ3n) is 2.20. The summed E-state index contributed by atoms with van der Waals surface area (Å²) in [5, 5.41) is 8.80. The van der Waals surface area contributed by atoms with Crippen molar-refractivity contribution >= 4 is 12.3 Å². The number of halogens is 3. The summed E-state index contributed by atoms with van der Waals surface area (Å²) in [6, 6.07) is 2.89. The highest BCUT2D eigenvalue weighted by atomic mass is 19.4. The van der Waals surface area contributed by atoms with Crippen LogP contribution in [0.25, 0.3) is 0 Å². The molecule has 19 heavy (non-hydrogen) atoms. The molecule has 0 heterocycles. The maximum Gasteiger partial charge on any atom is 0.417 e. The number of carbonyl (C=O) groups is 2. The van der Waals surface area contributed by atoms with Crippen LogP contribution in [0.4, 0.5) is 13.2 Å². The number of benzene rings is 1. The van der Waals surface area contributed by atoms with Crippen LogP contribution in [0.15, 0.2) is 12.1 Å². The molecule has 0 fully saturated rings. The zero-order valence-electron chi connectivity index (χ0n) is 9.75. The lowest BCUT2D eigenvalue weighted by Gasteiger charge is -2.13. The van der Waals surface area contributed by atoms with E-state index in [1.54, 1.807) is 0 Å². The highest BCUT2D eigenvalue weighted by molar-refractivity contribution is 5.95. The molecule has 7 heteroatoms. The number of alkyl halides is 3. The van der Waals surface area contributed by atoms with Crippen LogP contribution in [0.2, 0.25) is 0 Å². The standard InChI is InChI=1S/C12H8F3NO3/c1-2-19-11(18)10-8(5-16)3-7(6-17)4-9(10)12(13,14)15/h3-4,6H,2H2,1H3. The summed E-state index contributed by atoms with van der Waals surface area (Å²) in [6.07, 6.45) is -4.70. The number of esters is 1. The minimum absolute atomic E-state index is 0.129. The molecular formula is C12H8F3NO3. The molecule has 0 saturated heterocycles. The van der Waals surface area contributed by atoms with Crippen molar-refractivity contribution in [1.82, 2.24) is 0 Å². The summed E-state index contributed by atoms with van der Waals surface area (Å²) in [7, 11) is 0. The van der Waals surface area contributed by atoms with Gasteiger partial charge in [-0.1, -0.05) is 0 Å². The van der Waals surface area contributed by atoms with Crippen LogP contribution in [-0.2, 0) is 10.9 Å². The molecule has 0 aliphatic carbocycles. The van der Waals surface area contributed by atoms with Crippen LogP contribution in [0.3, 0.4) is 0 Å². The number of hydrogen-bond donors (Lipinski definition) is 0. The van der Waals surface area contributed by atoms with Crippen molar-refractivity contribution in [2.45, 2.75) is 13.1 Å². The molecule has 0 spiro atoms. The Balaban J connectivity index is 3.61. The lowest BCUT2D eigenvalue weighted by atomic mass is 9.98. The summed E-state index contributed by atoms with van der Waals surface area (Å²) in [6.45, 7) is 1.30. The molecule has 1 rings (SSSR count). The highest BCUT2D eigenvalue weighted by Gasteiger charge is 2.37. The Hall–Kier alpha value is -2.36. The lowest BCUT2D eigenvalue weighted by molar-refractivity contribution is -0.138. The van der Waals surface area contributed by atoms with Crippen molar-refractivity contribution in [2.75, 3.05) is 6.61 Å². The SMILES string of the molecule is CCOC(=O)c1c(C#N)cc(C=O)cc1C(F)(F)F. The first-order chi connectivity index (χ1) is 8.85. The van der Waals surface area contributed by atoms with Crippen molar-refractivity contribution in [2.24, 2.45) is 0 Å². The molecule has 0 aromatic heterocycles. The van der Waals surface area contributed by atoms with Gasteiger partial charge < -0.3 is 4.74 Å². The molecule has 1 aromatic rings. The van der Waals surface area contributed by atoms with Gasteiger partial charge in [-0.05, 0) is 19.1 Å². The van der Waals surface area contributed by atoms with E-state index in [1.165, 1.54) is 13.0 Å². The van der Waals surface area contributed by atoms with Crippen molar-refractivity contribution in [3.05, 3.63) is 34.4 Å². The first-order valence-electron chi connectivity index (χ1n) is 5.12. The van der Waals surface area contributed by atoms with Crippen LogP contribution >= 0.6 is 0 Å². The Morgan fingerprint density at radius 1 is 1.47 bits per heavy atom. The predicted octanol–water partition coefficient (Wildman–Crippen LogP) is 2.57. The van der Waals surface area contributed by atoms with E-state index in [2.05, 4.69) is 4.74 Å². The van der Waals surface area contributed by atoms with Gasteiger partial charge in [0.1, 0.15) is 12.4 Å². The summed E-state index contributed by atoms with van der Waals surface area (Å²) < 4.78 is 43.0. The first-order valence-corrected chi connectivity index (χ1v) is 5.12. The van der Waals surface area contributed by atoms with Crippen LogP contribution in [0, 0.1) is 11.3 Å². The monoisotopic (exact) mass is 271 g/mol. The van der Waals surface area contributed by atoms with Gasteiger partial charge in [-0.15, -0.1) is 0 Å². The molecule has 1 aromatic carbocycles. The molecule has 0 N–H and O–H groups in total. The average Bonchev–Trinajstić information content (AvgIpc) is 2.36. The molecule has 0 bridgehead atoms. The molecule has 0 amide bonds. The van der Waals surface area contributed by atoms with Gasteiger partial charge in [0, 0.05) is 5.56 Å². The quantitative estimate of drug-likeness (QED) is 0.626. The topological polar surface area (TPSA) is 67.2 Å². The van der Waals surface area contributed by atoms with Gasteiger partial charge in [-0.2, -0.15) is 18.4 Å². The third-order valence-corrected chi connectivity index (χ3v) is 2.20. The average molecular weight is 271 g/mol. The second-order valence-corrected chi connectivity index (χ2v) is 3.44. The van der Waals surface area contributed by atoms with Gasteiger partial charge >= 0.3 is 12.1 Å². The van der Waals surface area contributed by atoms with E-state index < -0.39 is 28.8 Å². The Bertz CT molecular complexity index is 559. The Morgan fingerprint density at radius 2 is 2.11 bits per heavy atom. The number of ether oxygens (including phenoxy) is 1. The number of rotatable bonds is 3. The maximum absolute atomic E-state index is 12.8. The highest BCUT2D eigenvalue weighted by Crippen LogP contribution is 2.34. The number of carbonyl (C=O) groups excluding carboxylic acids is 2. The minimum atomic E-state index is -4.87. The van der Waals surface area contributed by atoms with Crippen LogP contribution in [-0.4, -0.2) is 18.9 Å². The van der Waals surface area contributed by atoms with Crippen LogP contribution < -0.4 is 0 Å².